The molecule has 2 aliphatic carbocycles. The number of benzene rings is 1. The van der Waals surface area contributed by atoms with Crippen molar-refractivity contribution < 1.29 is 19.6 Å². The molecule has 4 aliphatic rings. The normalized spacial score (nSPS) is 21.5. The van der Waals surface area contributed by atoms with E-state index in [1.807, 2.05) is 18.2 Å². The number of nitrogens with one attached hydrogen (secondary N) is 2. The van der Waals surface area contributed by atoms with Gasteiger partial charge in [0.25, 0.3) is 5.91 Å². The summed E-state index contributed by atoms with van der Waals surface area (Å²) in [6, 6.07) is 8.89. The number of aromatic nitrogens is 1. The zero-order valence-corrected chi connectivity index (χ0v) is 22.6. The lowest BCUT2D eigenvalue weighted by molar-refractivity contribution is 0.102. The molecule has 1 atom stereocenters. The third-order valence-electron chi connectivity index (χ3n) is 8.91. The van der Waals surface area contributed by atoms with Crippen molar-refractivity contribution in [2.75, 3.05) is 64.8 Å². The maximum Gasteiger partial charge on any atom is 0.274 e. The highest BCUT2D eigenvalue weighted by atomic mass is 32.2. The summed E-state index contributed by atoms with van der Waals surface area (Å²) in [5, 5.41) is 25.8. The lowest BCUT2D eigenvalue weighted by Crippen LogP contribution is -2.35. The number of aliphatic hydroxyl groups excluding tert-OH is 1. The van der Waals surface area contributed by atoms with E-state index in [1.54, 1.807) is 12.1 Å². The van der Waals surface area contributed by atoms with Crippen LogP contribution in [0.25, 0.3) is 0 Å². The number of hydrogen-bond donors (Lipinski definition) is 4. The number of aromatic hydroxyl groups is 1. The van der Waals surface area contributed by atoms with Gasteiger partial charge < -0.3 is 35.2 Å². The van der Waals surface area contributed by atoms with Crippen molar-refractivity contribution in [3.63, 3.8) is 0 Å². The molecule has 0 radical (unpaired) electrons. The molecule has 1 aromatic heterocycles. The Balaban J connectivity index is 1.20. The van der Waals surface area contributed by atoms with Gasteiger partial charge in [0.1, 0.15) is 11.4 Å². The highest BCUT2D eigenvalue weighted by Crippen LogP contribution is 2.55. The van der Waals surface area contributed by atoms with Crippen molar-refractivity contribution in [2.45, 2.75) is 44.9 Å². The van der Waals surface area contributed by atoms with Gasteiger partial charge in [0.15, 0.2) is 17.4 Å². The number of pyridine rings is 1. The number of piperidine rings is 1. The molecule has 1 amide bonds. The van der Waals surface area contributed by atoms with Gasteiger partial charge in [0.2, 0.25) is 0 Å². The number of anilines is 4. The Bertz CT molecular complexity index is 1190. The molecule has 0 bridgehead atoms. The minimum atomic E-state index is -1.16. The van der Waals surface area contributed by atoms with Crippen LogP contribution in [-0.2, 0) is 11.2 Å². The maximum absolute atomic E-state index is 13.4. The van der Waals surface area contributed by atoms with Gasteiger partial charge in [0, 0.05) is 31.9 Å². The predicted molar refractivity (Wildman–Crippen MR) is 150 cm³/mol. The topological polar surface area (TPSA) is 124 Å². The fourth-order valence-corrected chi connectivity index (χ4v) is 6.61. The smallest absolute Gasteiger partial charge is 0.274 e. The molecule has 9 nitrogen and oxygen atoms in total. The molecule has 2 saturated carbocycles. The van der Waals surface area contributed by atoms with Gasteiger partial charge in [-0.1, -0.05) is 0 Å². The predicted octanol–water partition coefficient (Wildman–Crippen LogP) is 3.52. The van der Waals surface area contributed by atoms with Crippen molar-refractivity contribution in [3.05, 3.63) is 36.0 Å². The van der Waals surface area contributed by atoms with Gasteiger partial charge in [-0.15, -0.1) is 0 Å². The molecule has 2 saturated heterocycles. The van der Waals surface area contributed by atoms with E-state index >= 15 is 0 Å². The minimum absolute atomic E-state index is 0.105. The Morgan fingerprint density at radius 1 is 1.00 bits per heavy atom. The first kappa shape index (κ1) is 25.6. The van der Waals surface area contributed by atoms with Gasteiger partial charge in [-0.2, -0.15) is 0 Å². The van der Waals surface area contributed by atoms with Crippen LogP contribution in [-0.4, -0.2) is 70.1 Å². The standard InChI is InChI=1S/C28H37N5O4S/c34-15-16-38(37)19-29-20-1-2-21(23(17-20)32-12-9-27(5-6-27)10-13-32)31-26(36)22-3-4-24(35)25(30-22)33-14-11-28(18-33)7-8-28/h1-4,17,29,34-35H,5-16,18-19H2,(H,31,36). The van der Waals surface area contributed by atoms with E-state index in [0.29, 0.717) is 22.3 Å². The molecule has 4 fully saturated rings. The Kier molecular flexibility index (Phi) is 6.82. The molecule has 4 N–H and O–H groups in total. The zero-order valence-electron chi connectivity index (χ0n) is 21.7. The first-order valence-corrected chi connectivity index (χ1v) is 15.2. The van der Waals surface area contributed by atoms with E-state index in [9.17, 15) is 14.5 Å². The van der Waals surface area contributed by atoms with Crippen LogP contribution in [0.3, 0.4) is 0 Å². The van der Waals surface area contributed by atoms with Gasteiger partial charge in [0.05, 0.1) is 18.0 Å². The molecule has 1 aromatic carbocycles. The summed E-state index contributed by atoms with van der Waals surface area (Å²) in [7, 11) is 0. The van der Waals surface area contributed by atoms with E-state index in [-0.39, 0.29) is 35.6 Å². The molecule has 3 heterocycles. The van der Waals surface area contributed by atoms with Crippen LogP contribution < -0.4 is 20.4 Å². The molecule has 204 valence electrons. The summed E-state index contributed by atoms with van der Waals surface area (Å²) in [6.45, 7) is 3.49. The number of carbonyl (C=O) groups is 1. The van der Waals surface area contributed by atoms with Gasteiger partial charge in [-0.25, -0.2) is 4.98 Å². The van der Waals surface area contributed by atoms with Gasteiger partial charge in [-0.3, -0.25) is 4.79 Å². The second-order valence-electron chi connectivity index (χ2n) is 11.6. The van der Waals surface area contributed by atoms with E-state index < -0.39 is 11.2 Å². The van der Waals surface area contributed by atoms with Crippen LogP contribution in [0.4, 0.5) is 22.9 Å². The second-order valence-corrected chi connectivity index (χ2v) is 13.1. The molecule has 1 unspecified atom stereocenters. The average molecular weight is 540 g/mol. The number of carbonyl (C=O) groups excluding carboxylic acids is 1. The Hall–Kier alpha value is -2.69. The molecule has 2 aromatic rings. The third kappa shape index (κ3) is 5.39. The van der Waals surface area contributed by atoms with Crippen LogP contribution >= 0.6 is 0 Å². The van der Waals surface area contributed by atoms with Crippen molar-refractivity contribution in [2.24, 2.45) is 10.8 Å². The summed E-state index contributed by atoms with van der Waals surface area (Å²) in [6.07, 6.45) is 8.50. The van der Waals surface area contributed by atoms with E-state index in [0.717, 1.165) is 56.8 Å². The summed E-state index contributed by atoms with van der Waals surface area (Å²) in [4.78, 5) is 22.4. The Morgan fingerprint density at radius 2 is 1.71 bits per heavy atom. The molecule has 2 spiro atoms. The van der Waals surface area contributed by atoms with Crippen LogP contribution in [0.2, 0.25) is 0 Å². The van der Waals surface area contributed by atoms with E-state index in [1.165, 1.54) is 25.7 Å². The largest absolute Gasteiger partial charge is 0.615 e. The minimum Gasteiger partial charge on any atom is -0.615 e. The molecule has 6 rings (SSSR count). The van der Waals surface area contributed by atoms with Crippen molar-refractivity contribution in [1.29, 1.82) is 0 Å². The number of aliphatic hydroxyl groups is 1. The first-order valence-electron chi connectivity index (χ1n) is 13.7. The van der Waals surface area contributed by atoms with Crippen LogP contribution in [0.15, 0.2) is 30.3 Å². The quantitative estimate of drug-likeness (QED) is 0.357. The van der Waals surface area contributed by atoms with Gasteiger partial charge in [-0.05, 0) is 97.3 Å². The fourth-order valence-electron chi connectivity index (χ4n) is 5.93. The molecular formula is C28H37N5O4S. The van der Waals surface area contributed by atoms with Crippen LogP contribution in [0.5, 0.6) is 5.75 Å². The van der Waals surface area contributed by atoms with E-state index in [4.69, 9.17) is 5.11 Å². The van der Waals surface area contributed by atoms with Crippen LogP contribution in [0, 0.1) is 10.8 Å². The highest BCUT2D eigenvalue weighted by Gasteiger charge is 2.48. The van der Waals surface area contributed by atoms with Crippen molar-refractivity contribution >= 4 is 40.0 Å². The number of rotatable bonds is 9. The molecular weight excluding hydrogens is 502 g/mol. The molecule has 38 heavy (non-hydrogen) atoms. The lowest BCUT2D eigenvalue weighted by atomic mass is 9.93. The Morgan fingerprint density at radius 3 is 2.39 bits per heavy atom. The third-order valence-corrected chi connectivity index (χ3v) is 10.0. The van der Waals surface area contributed by atoms with Crippen molar-refractivity contribution in [1.82, 2.24) is 4.98 Å². The lowest BCUT2D eigenvalue weighted by Gasteiger charge is -2.35. The number of nitrogens with zero attached hydrogens (tertiary/aromatic N) is 3. The number of hydrogen-bond acceptors (Lipinski definition) is 8. The fraction of sp³-hybridized carbons (Fsp3) is 0.571. The zero-order chi connectivity index (χ0) is 26.3. The molecule has 10 heteroatoms. The average Bonchev–Trinajstić information content (AvgIpc) is 3.82. The number of amides is 1. The van der Waals surface area contributed by atoms with Crippen LogP contribution in [0.1, 0.15) is 55.4 Å². The van der Waals surface area contributed by atoms with Gasteiger partial charge >= 0.3 is 0 Å². The first-order chi connectivity index (χ1) is 18.4. The summed E-state index contributed by atoms with van der Waals surface area (Å²) >= 11 is -1.16. The summed E-state index contributed by atoms with van der Waals surface area (Å²) in [5.41, 5.74) is 3.65. The van der Waals surface area contributed by atoms with Crippen molar-refractivity contribution in [3.8, 4) is 5.75 Å². The SMILES string of the molecule is O=C(Nc1ccc(NC[S+]([O-])CCO)cc1N1CCC2(CC1)CC2)c1ccc(O)c(N2CCC3(CC3)C2)n1. The monoisotopic (exact) mass is 539 g/mol. The highest BCUT2D eigenvalue weighted by molar-refractivity contribution is 7.91. The van der Waals surface area contributed by atoms with E-state index in [2.05, 4.69) is 25.4 Å². The Labute approximate surface area is 226 Å². The summed E-state index contributed by atoms with van der Waals surface area (Å²) < 4.78 is 12.0. The maximum atomic E-state index is 13.4. The summed E-state index contributed by atoms with van der Waals surface area (Å²) in [5.74, 6) is 0.780. The second kappa shape index (κ2) is 10.1. The molecule has 2 aliphatic heterocycles.